The van der Waals surface area contributed by atoms with Crippen LogP contribution in [0.1, 0.15) is 144 Å². The van der Waals surface area contributed by atoms with E-state index in [2.05, 4.69) is 46.1 Å². The zero-order chi connectivity index (χ0) is 22.9. The Morgan fingerprint density at radius 3 is 1.00 bits per heavy atom. The van der Waals surface area contributed by atoms with Gasteiger partial charge in [-0.1, -0.05) is 119 Å². The molecule has 0 saturated carbocycles. The number of hydrogen-bond acceptors (Lipinski definition) is 0. The van der Waals surface area contributed by atoms with Crippen molar-refractivity contribution in [3.05, 3.63) is 0 Å². The third-order valence-corrected chi connectivity index (χ3v) is 6.07. The molecule has 180 valence electrons. The van der Waals surface area contributed by atoms with Crippen LogP contribution in [0.2, 0.25) is 0 Å². The van der Waals surface area contributed by atoms with Crippen LogP contribution in [-0.4, -0.2) is 23.6 Å². The summed E-state index contributed by atoms with van der Waals surface area (Å²) in [7, 11) is 0. The maximum absolute atomic E-state index is 5.92. The van der Waals surface area contributed by atoms with E-state index in [-0.39, 0.29) is 18.9 Å². The van der Waals surface area contributed by atoms with Gasteiger partial charge in [0.15, 0.2) is 0 Å². The first-order chi connectivity index (χ1) is 14.0. The van der Waals surface area contributed by atoms with E-state index < -0.39 is 0 Å². The van der Waals surface area contributed by atoms with Crippen LogP contribution in [0, 0.1) is 10.8 Å². The van der Waals surface area contributed by atoms with Crippen LogP contribution >= 0.6 is 0 Å². The van der Waals surface area contributed by atoms with Crippen molar-refractivity contribution in [2.75, 3.05) is 13.1 Å². The molecule has 0 radical (unpaired) electrons. The van der Waals surface area contributed by atoms with Crippen molar-refractivity contribution in [1.82, 2.24) is 0 Å². The molecule has 0 aromatic heterocycles. The van der Waals surface area contributed by atoms with E-state index in [0.717, 1.165) is 13.1 Å². The fourth-order valence-corrected chi connectivity index (χ4v) is 4.05. The summed E-state index contributed by atoms with van der Waals surface area (Å²) in [6.45, 7) is 16.1. The minimum Gasteiger partial charge on any atom is -0.291 e. The van der Waals surface area contributed by atoms with E-state index in [1.54, 1.807) is 0 Å². The number of nitrogens with two attached hydrogens (primary N) is 2. The molecule has 0 rings (SSSR count). The van der Waals surface area contributed by atoms with Gasteiger partial charge in [0.2, 0.25) is 0 Å². The van der Waals surface area contributed by atoms with Gasteiger partial charge in [0.25, 0.3) is 0 Å². The number of guanidine groups is 1. The second kappa shape index (κ2) is 19.3. The standard InChI is InChI=1S/C27H57N3.Li/c1-26(2,3)21-17-13-9-7-11-15-19-23-30(25(28)29)24-20-16-12-8-10-14-18-22-27(4,5)6;/h7-24H2,1-6H3,(H3,28,29);/q;+1/p+1. The molecule has 0 heterocycles. The van der Waals surface area contributed by atoms with Crippen LogP contribution < -0.4 is 30.3 Å². The van der Waals surface area contributed by atoms with Crippen molar-refractivity contribution in [2.45, 2.75) is 144 Å². The molecule has 0 fully saturated rings. The Kier molecular flexibility index (Phi) is 20.6. The largest absolute Gasteiger partial charge is 1.00 e. The van der Waals surface area contributed by atoms with Gasteiger partial charge in [0, 0.05) is 0 Å². The van der Waals surface area contributed by atoms with Crippen molar-refractivity contribution >= 4 is 5.96 Å². The van der Waals surface area contributed by atoms with E-state index in [4.69, 9.17) is 11.5 Å². The van der Waals surface area contributed by atoms with E-state index in [1.165, 1.54) is 103 Å². The van der Waals surface area contributed by atoms with Gasteiger partial charge < -0.3 is 0 Å². The number of unbranched alkanes of at least 4 members (excludes halogenated alkanes) is 12. The molecule has 0 aliphatic carbocycles. The molecule has 0 spiro atoms. The van der Waals surface area contributed by atoms with Crippen molar-refractivity contribution in [3.63, 3.8) is 0 Å². The predicted molar refractivity (Wildman–Crippen MR) is 136 cm³/mol. The van der Waals surface area contributed by atoms with E-state index in [9.17, 15) is 0 Å². The van der Waals surface area contributed by atoms with Gasteiger partial charge in [0.1, 0.15) is 0 Å². The summed E-state index contributed by atoms with van der Waals surface area (Å²) in [6, 6.07) is 0. The van der Waals surface area contributed by atoms with Crippen molar-refractivity contribution < 1.29 is 23.4 Å². The molecule has 4 N–H and O–H groups in total. The summed E-state index contributed by atoms with van der Waals surface area (Å²) in [5, 5.41) is 0. The average molecular weight is 432 g/mol. The van der Waals surface area contributed by atoms with Crippen LogP contribution in [0.15, 0.2) is 0 Å². The molecular formula is C27H58LiN3+2. The molecule has 0 amide bonds. The second-order valence-corrected chi connectivity index (χ2v) is 12.0. The van der Waals surface area contributed by atoms with Gasteiger partial charge in [-0.2, -0.15) is 0 Å². The Morgan fingerprint density at radius 1 is 0.484 bits per heavy atom. The van der Waals surface area contributed by atoms with Gasteiger partial charge in [-0.25, -0.2) is 0 Å². The van der Waals surface area contributed by atoms with Crippen LogP contribution in [0.4, 0.5) is 0 Å². The first kappa shape index (κ1) is 33.0. The van der Waals surface area contributed by atoms with Gasteiger partial charge in [-0.3, -0.25) is 16.0 Å². The molecule has 3 nitrogen and oxygen atoms in total. The summed E-state index contributed by atoms with van der Waals surface area (Å²) in [5.74, 6) is 0.513. The monoisotopic (exact) mass is 431 g/mol. The van der Waals surface area contributed by atoms with Gasteiger partial charge in [-0.05, 0) is 36.5 Å². The summed E-state index contributed by atoms with van der Waals surface area (Å²) >= 11 is 0. The first-order valence-corrected chi connectivity index (χ1v) is 13.1. The van der Waals surface area contributed by atoms with Gasteiger partial charge >= 0.3 is 24.8 Å². The van der Waals surface area contributed by atoms with Crippen LogP contribution in [0.3, 0.4) is 0 Å². The molecular weight excluding hydrogens is 373 g/mol. The molecule has 4 heteroatoms. The summed E-state index contributed by atoms with van der Waals surface area (Å²) in [6.07, 6.45) is 21.5. The maximum Gasteiger partial charge on any atom is 1.00 e. The minimum atomic E-state index is 0. The fourth-order valence-electron chi connectivity index (χ4n) is 4.05. The number of nitrogens with zero attached hydrogens (tertiary/aromatic N) is 1. The maximum atomic E-state index is 5.92. The smallest absolute Gasteiger partial charge is 0.291 e. The molecule has 0 aromatic rings. The van der Waals surface area contributed by atoms with Crippen LogP contribution in [-0.2, 0) is 0 Å². The van der Waals surface area contributed by atoms with Gasteiger partial charge in [0.05, 0.1) is 13.1 Å². The Bertz CT molecular complexity index is 395. The zero-order valence-corrected chi connectivity index (χ0v) is 22.8. The van der Waals surface area contributed by atoms with Crippen LogP contribution in [0.25, 0.3) is 0 Å². The SMILES string of the molecule is CC(C)(C)CCCCCCCCC[N+](CCCCCCCCCC(C)(C)C)=C(N)N.[Li+]. The Hall–Kier alpha value is -0.133. The second-order valence-electron chi connectivity index (χ2n) is 12.0. The van der Waals surface area contributed by atoms with E-state index >= 15 is 0 Å². The predicted octanol–water partition coefficient (Wildman–Crippen LogP) is 4.61. The fraction of sp³-hybridized carbons (Fsp3) is 0.963. The van der Waals surface area contributed by atoms with Gasteiger partial charge in [-0.15, -0.1) is 0 Å². The Labute approximate surface area is 208 Å². The normalized spacial score (nSPS) is 11.9. The first-order valence-electron chi connectivity index (χ1n) is 13.1. The average Bonchev–Trinajstić information content (AvgIpc) is 2.61. The third kappa shape index (κ3) is 26.0. The number of hydrogen-bond donors (Lipinski definition) is 2. The molecule has 0 aromatic carbocycles. The quantitative estimate of drug-likeness (QED) is 0.109. The summed E-state index contributed by atoms with van der Waals surface area (Å²) in [4.78, 5) is 0. The van der Waals surface area contributed by atoms with E-state index in [1.807, 2.05) is 0 Å². The third-order valence-electron chi connectivity index (χ3n) is 6.07. The van der Waals surface area contributed by atoms with Crippen molar-refractivity contribution in [1.29, 1.82) is 0 Å². The molecule has 0 saturated heterocycles. The number of rotatable bonds is 18. The Morgan fingerprint density at radius 2 is 0.742 bits per heavy atom. The topological polar surface area (TPSA) is 55.0 Å². The molecule has 0 atom stereocenters. The molecule has 0 bridgehead atoms. The van der Waals surface area contributed by atoms with Crippen molar-refractivity contribution in [2.24, 2.45) is 22.3 Å². The van der Waals surface area contributed by atoms with Crippen LogP contribution in [0.5, 0.6) is 0 Å². The summed E-state index contributed by atoms with van der Waals surface area (Å²) in [5.41, 5.74) is 12.8. The van der Waals surface area contributed by atoms with Crippen molar-refractivity contribution in [3.8, 4) is 0 Å². The van der Waals surface area contributed by atoms with E-state index in [0.29, 0.717) is 16.8 Å². The molecule has 0 unspecified atom stereocenters. The molecule has 31 heavy (non-hydrogen) atoms. The Balaban J connectivity index is 0. The molecule has 0 aliphatic heterocycles. The zero-order valence-electron chi connectivity index (χ0n) is 22.8. The molecule has 0 aliphatic rings. The minimum absolute atomic E-state index is 0. The summed E-state index contributed by atoms with van der Waals surface area (Å²) < 4.78 is 2.20.